The lowest BCUT2D eigenvalue weighted by molar-refractivity contribution is 0.0341. The third kappa shape index (κ3) is 6.87. The number of morpholine rings is 2. The summed E-state index contributed by atoms with van der Waals surface area (Å²) in [6, 6.07) is 16.6. The highest BCUT2D eigenvalue weighted by atomic mass is 35.5. The third-order valence-electron chi connectivity index (χ3n) is 5.21. The molecular formula is C23H31ClN2O2. The van der Waals surface area contributed by atoms with Crippen LogP contribution in [-0.2, 0) is 22.6 Å². The first-order valence-electron chi connectivity index (χ1n) is 10.1. The molecule has 2 heterocycles. The standard InChI is InChI=1S/C12H17NO.C11H14ClNO/c1-11-4-2-3-5-12(11)10-13-6-8-14-9-7-13;12-11-4-2-1-3-10(11)9-13-5-7-14-8-6-13/h2-5H,6-10H2,1H3;1-4H,5-9H2. The Morgan fingerprint density at radius 2 is 1.18 bits per heavy atom. The SMILES string of the molecule is Cc1ccccc1CN1CCOCC1.Clc1ccccc1CN1CCOCC1. The first-order valence-corrected chi connectivity index (χ1v) is 10.5. The van der Waals surface area contributed by atoms with Gasteiger partial charge < -0.3 is 9.47 Å². The minimum absolute atomic E-state index is 0.838. The zero-order valence-corrected chi connectivity index (χ0v) is 17.5. The van der Waals surface area contributed by atoms with Gasteiger partial charge in [-0.25, -0.2) is 0 Å². The van der Waals surface area contributed by atoms with E-state index < -0.39 is 0 Å². The van der Waals surface area contributed by atoms with Crippen LogP contribution in [0.3, 0.4) is 0 Å². The number of rotatable bonds is 4. The highest BCUT2D eigenvalue weighted by Gasteiger charge is 2.12. The van der Waals surface area contributed by atoms with Crippen LogP contribution in [0.4, 0.5) is 0 Å². The van der Waals surface area contributed by atoms with Gasteiger partial charge >= 0.3 is 0 Å². The molecule has 0 aliphatic carbocycles. The monoisotopic (exact) mass is 402 g/mol. The Morgan fingerprint density at radius 3 is 1.71 bits per heavy atom. The molecule has 5 heteroatoms. The van der Waals surface area contributed by atoms with Gasteiger partial charge in [0, 0.05) is 44.3 Å². The summed E-state index contributed by atoms with van der Waals surface area (Å²) < 4.78 is 10.6. The number of hydrogen-bond donors (Lipinski definition) is 0. The van der Waals surface area contributed by atoms with Crippen LogP contribution in [-0.4, -0.2) is 62.4 Å². The lowest BCUT2D eigenvalue weighted by atomic mass is 10.1. The van der Waals surface area contributed by atoms with Crippen LogP contribution in [0.2, 0.25) is 5.02 Å². The van der Waals surface area contributed by atoms with E-state index in [1.54, 1.807) is 0 Å². The Labute approximate surface area is 174 Å². The molecular weight excluding hydrogens is 372 g/mol. The fourth-order valence-corrected chi connectivity index (χ4v) is 3.61. The van der Waals surface area contributed by atoms with Crippen LogP contribution < -0.4 is 0 Å². The van der Waals surface area contributed by atoms with Gasteiger partial charge in [-0.2, -0.15) is 0 Å². The molecule has 152 valence electrons. The third-order valence-corrected chi connectivity index (χ3v) is 5.58. The molecule has 2 fully saturated rings. The number of nitrogens with zero attached hydrogens (tertiary/aromatic N) is 2. The summed E-state index contributed by atoms with van der Waals surface area (Å²) in [7, 11) is 0. The average Bonchev–Trinajstić information content (AvgIpc) is 2.74. The maximum atomic E-state index is 6.09. The predicted molar refractivity (Wildman–Crippen MR) is 115 cm³/mol. The summed E-state index contributed by atoms with van der Waals surface area (Å²) in [6.45, 7) is 11.8. The number of ether oxygens (including phenoxy) is 2. The van der Waals surface area contributed by atoms with Crippen LogP contribution in [0.5, 0.6) is 0 Å². The normalized spacial score (nSPS) is 18.4. The molecule has 2 saturated heterocycles. The molecule has 0 amide bonds. The second-order valence-electron chi connectivity index (χ2n) is 7.29. The lowest BCUT2D eigenvalue weighted by Crippen LogP contribution is -2.35. The molecule has 2 aromatic carbocycles. The van der Waals surface area contributed by atoms with Crippen molar-refractivity contribution in [2.24, 2.45) is 0 Å². The van der Waals surface area contributed by atoms with Gasteiger partial charge in [-0.15, -0.1) is 0 Å². The lowest BCUT2D eigenvalue weighted by Gasteiger charge is -2.27. The van der Waals surface area contributed by atoms with E-state index in [1.165, 1.54) is 16.7 Å². The van der Waals surface area contributed by atoms with E-state index >= 15 is 0 Å². The Morgan fingerprint density at radius 1 is 0.714 bits per heavy atom. The Balaban J connectivity index is 0.000000161. The van der Waals surface area contributed by atoms with Gasteiger partial charge in [-0.1, -0.05) is 54.1 Å². The Hall–Kier alpha value is -1.43. The summed E-state index contributed by atoms with van der Waals surface area (Å²) in [5.74, 6) is 0. The largest absolute Gasteiger partial charge is 0.379 e. The molecule has 0 atom stereocenters. The first kappa shape index (κ1) is 21.3. The molecule has 4 rings (SSSR count). The molecule has 0 unspecified atom stereocenters. The van der Waals surface area contributed by atoms with Gasteiger partial charge in [-0.05, 0) is 29.7 Å². The van der Waals surface area contributed by atoms with Crippen molar-refractivity contribution in [3.63, 3.8) is 0 Å². The summed E-state index contributed by atoms with van der Waals surface area (Å²) >= 11 is 6.09. The quantitative estimate of drug-likeness (QED) is 0.771. The van der Waals surface area contributed by atoms with E-state index in [-0.39, 0.29) is 0 Å². The molecule has 0 saturated carbocycles. The van der Waals surface area contributed by atoms with E-state index in [0.717, 1.165) is 70.7 Å². The molecule has 0 spiro atoms. The van der Waals surface area contributed by atoms with Crippen LogP contribution in [0, 0.1) is 6.92 Å². The van der Waals surface area contributed by atoms with Crippen molar-refractivity contribution in [3.8, 4) is 0 Å². The second-order valence-corrected chi connectivity index (χ2v) is 7.70. The number of aryl methyl sites for hydroxylation is 1. The molecule has 2 aliphatic rings. The van der Waals surface area contributed by atoms with Crippen LogP contribution >= 0.6 is 11.6 Å². The minimum atomic E-state index is 0.838. The van der Waals surface area contributed by atoms with Crippen molar-refractivity contribution in [1.82, 2.24) is 9.80 Å². The van der Waals surface area contributed by atoms with Gasteiger partial charge in [0.25, 0.3) is 0 Å². The van der Waals surface area contributed by atoms with E-state index in [4.69, 9.17) is 21.1 Å². The van der Waals surface area contributed by atoms with Gasteiger partial charge in [-0.3, -0.25) is 9.80 Å². The van der Waals surface area contributed by atoms with E-state index in [2.05, 4.69) is 47.1 Å². The number of benzene rings is 2. The van der Waals surface area contributed by atoms with Crippen LogP contribution in [0.1, 0.15) is 16.7 Å². The smallest absolute Gasteiger partial charge is 0.0594 e. The number of hydrogen-bond acceptors (Lipinski definition) is 4. The Kier molecular flexibility index (Phi) is 8.77. The summed E-state index contributed by atoms with van der Waals surface area (Å²) in [5.41, 5.74) is 4.03. The maximum absolute atomic E-state index is 6.09. The topological polar surface area (TPSA) is 24.9 Å². The van der Waals surface area contributed by atoms with Crippen molar-refractivity contribution in [2.45, 2.75) is 20.0 Å². The van der Waals surface area contributed by atoms with E-state index in [0.29, 0.717) is 0 Å². The molecule has 28 heavy (non-hydrogen) atoms. The van der Waals surface area contributed by atoms with Gasteiger partial charge in [0.15, 0.2) is 0 Å². The molecule has 4 nitrogen and oxygen atoms in total. The Bertz CT molecular complexity index is 652. The van der Waals surface area contributed by atoms with E-state index in [1.807, 2.05) is 18.2 Å². The highest BCUT2D eigenvalue weighted by Crippen LogP contribution is 2.17. The number of halogens is 1. The summed E-state index contributed by atoms with van der Waals surface area (Å²) in [4.78, 5) is 4.82. The molecule has 0 aromatic heterocycles. The van der Waals surface area contributed by atoms with Crippen LogP contribution in [0.25, 0.3) is 0 Å². The second kappa shape index (κ2) is 11.5. The summed E-state index contributed by atoms with van der Waals surface area (Å²) in [5, 5.41) is 0.860. The minimum Gasteiger partial charge on any atom is -0.379 e. The molecule has 0 N–H and O–H groups in total. The zero-order valence-electron chi connectivity index (χ0n) is 16.8. The van der Waals surface area contributed by atoms with Gasteiger partial charge in [0.1, 0.15) is 0 Å². The molecule has 0 bridgehead atoms. The van der Waals surface area contributed by atoms with Crippen molar-refractivity contribution < 1.29 is 9.47 Å². The molecule has 2 aliphatic heterocycles. The zero-order chi connectivity index (χ0) is 19.6. The highest BCUT2D eigenvalue weighted by molar-refractivity contribution is 6.31. The van der Waals surface area contributed by atoms with Crippen molar-refractivity contribution >= 4 is 11.6 Å². The van der Waals surface area contributed by atoms with Crippen molar-refractivity contribution in [1.29, 1.82) is 0 Å². The van der Waals surface area contributed by atoms with Crippen molar-refractivity contribution in [3.05, 3.63) is 70.2 Å². The average molecular weight is 403 g/mol. The van der Waals surface area contributed by atoms with Crippen molar-refractivity contribution in [2.75, 3.05) is 52.6 Å². The van der Waals surface area contributed by atoms with Crippen LogP contribution in [0.15, 0.2) is 48.5 Å². The fourth-order valence-electron chi connectivity index (χ4n) is 3.41. The summed E-state index contributed by atoms with van der Waals surface area (Å²) in [6.07, 6.45) is 0. The fraction of sp³-hybridized carbons (Fsp3) is 0.478. The molecule has 0 radical (unpaired) electrons. The van der Waals surface area contributed by atoms with E-state index in [9.17, 15) is 0 Å². The first-order chi connectivity index (χ1) is 13.7. The van der Waals surface area contributed by atoms with Gasteiger partial charge in [0.05, 0.1) is 26.4 Å². The maximum Gasteiger partial charge on any atom is 0.0594 e. The van der Waals surface area contributed by atoms with Gasteiger partial charge in [0.2, 0.25) is 0 Å². The molecule has 2 aromatic rings. The predicted octanol–water partition coefficient (Wildman–Crippen LogP) is 4.00.